The van der Waals surface area contributed by atoms with Gasteiger partial charge in [-0.15, -0.1) is 0 Å². The Bertz CT molecular complexity index is 3050. The Hall–Kier alpha value is -6.00. The highest BCUT2D eigenvalue weighted by molar-refractivity contribution is 7.00. The van der Waals surface area contributed by atoms with Crippen molar-refractivity contribution in [1.29, 1.82) is 0 Å². The van der Waals surface area contributed by atoms with E-state index in [-0.39, 0.29) is 28.4 Å². The van der Waals surface area contributed by atoms with E-state index in [2.05, 4.69) is 220 Å². The maximum Gasteiger partial charge on any atom is 0.252 e. The van der Waals surface area contributed by atoms with Crippen LogP contribution in [0.2, 0.25) is 0 Å². The summed E-state index contributed by atoms with van der Waals surface area (Å²) in [4.78, 5) is 5.13. The Kier molecular flexibility index (Phi) is 8.89. The fourth-order valence-electron chi connectivity index (χ4n) is 9.74. The quantitative estimate of drug-likeness (QED) is 0.166. The molecule has 0 saturated carbocycles. The van der Waals surface area contributed by atoms with Crippen LogP contribution in [0.5, 0.6) is 0 Å². The molecule has 10 rings (SSSR count). The van der Waals surface area contributed by atoms with E-state index in [1.54, 1.807) is 0 Å². The van der Waals surface area contributed by atoms with E-state index in [1.165, 1.54) is 67.1 Å². The Morgan fingerprint density at radius 2 is 0.871 bits per heavy atom. The van der Waals surface area contributed by atoms with Crippen LogP contribution in [0.4, 0.5) is 34.1 Å². The van der Waals surface area contributed by atoms with Crippen molar-refractivity contribution in [2.75, 3.05) is 9.80 Å². The molecular weight excluding hydrogens is 751 g/mol. The first-order valence-corrected chi connectivity index (χ1v) is 22.5. The SMILES string of the molecule is CC(C)(C)c1ccc(N2c3ccc(C(C)(C)C)cc3B3c4ccc(C(C)(C)C)cc4N(c4ccc(-c5ccc6c(c5)oc5ccccc56)cc4)c4cc(C(C)(C)C)cc2c43)cc1. The lowest BCUT2D eigenvalue weighted by molar-refractivity contribution is 0.589. The van der Waals surface area contributed by atoms with E-state index >= 15 is 0 Å². The number of furan rings is 1. The summed E-state index contributed by atoms with van der Waals surface area (Å²) in [5, 5.41) is 2.30. The third kappa shape index (κ3) is 6.57. The lowest BCUT2D eigenvalue weighted by Gasteiger charge is -2.45. The van der Waals surface area contributed by atoms with E-state index in [4.69, 9.17) is 4.42 Å². The molecule has 0 fully saturated rings. The fourth-order valence-corrected chi connectivity index (χ4v) is 9.74. The number of anilines is 6. The number of benzene rings is 7. The number of hydrogen-bond acceptors (Lipinski definition) is 3. The van der Waals surface area contributed by atoms with Crippen molar-refractivity contribution in [3.05, 3.63) is 162 Å². The molecule has 0 aliphatic carbocycles. The zero-order chi connectivity index (χ0) is 43.7. The minimum Gasteiger partial charge on any atom is -0.456 e. The second-order valence-corrected chi connectivity index (χ2v) is 22.0. The molecule has 0 radical (unpaired) electrons. The van der Waals surface area contributed by atoms with Crippen molar-refractivity contribution in [2.45, 2.75) is 105 Å². The maximum atomic E-state index is 6.33. The smallest absolute Gasteiger partial charge is 0.252 e. The van der Waals surface area contributed by atoms with Crippen LogP contribution in [-0.4, -0.2) is 6.71 Å². The maximum absolute atomic E-state index is 6.33. The lowest BCUT2D eigenvalue weighted by atomic mass is 9.33. The molecule has 0 N–H and O–H groups in total. The van der Waals surface area contributed by atoms with E-state index in [0.29, 0.717) is 0 Å². The van der Waals surface area contributed by atoms with Crippen LogP contribution in [0, 0.1) is 0 Å². The first kappa shape index (κ1) is 40.1. The van der Waals surface area contributed by atoms with Crippen LogP contribution in [0.1, 0.15) is 105 Å². The van der Waals surface area contributed by atoms with Crippen LogP contribution in [0.25, 0.3) is 33.1 Å². The van der Waals surface area contributed by atoms with Crippen LogP contribution in [0.3, 0.4) is 0 Å². The van der Waals surface area contributed by atoms with Crippen molar-refractivity contribution in [3.8, 4) is 11.1 Å². The second-order valence-electron chi connectivity index (χ2n) is 22.0. The van der Waals surface area contributed by atoms with Crippen molar-refractivity contribution in [2.24, 2.45) is 0 Å². The Morgan fingerprint density at radius 1 is 0.371 bits per heavy atom. The van der Waals surface area contributed by atoms with Crippen molar-refractivity contribution >= 4 is 79.2 Å². The summed E-state index contributed by atoms with van der Waals surface area (Å²) in [6.07, 6.45) is 0. The highest BCUT2D eigenvalue weighted by Gasteiger charge is 2.45. The summed E-state index contributed by atoms with van der Waals surface area (Å²) in [7, 11) is 0. The molecule has 0 spiro atoms. The topological polar surface area (TPSA) is 19.6 Å². The summed E-state index contributed by atoms with van der Waals surface area (Å²) in [6.45, 7) is 28.0. The fraction of sp³-hybridized carbons (Fsp3) is 0.276. The van der Waals surface area contributed by atoms with Gasteiger partial charge in [-0.2, -0.15) is 0 Å². The minimum atomic E-state index is -0.0997. The van der Waals surface area contributed by atoms with Gasteiger partial charge in [0.1, 0.15) is 11.2 Å². The molecule has 62 heavy (non-hydrogen) atoms. The molecule has 310 valence electrons. The van der Waals surface area contributed by atoms with E-state index in [0.717, 1.165) is 38.8 Å². The van der Waals surface area contributed by atoms with E-state index < -0.39 is 0 Å². The predicted molar refractivity (Wildman–Crippen MR) is 268 cm³/mol. The number of hydrogen-bond donors (Lipinski definition) is 0. The normalized spacial score (nSPS) is 14.0. The molecule has 3 nitrogen and oxygen atoms in total. The second kappa shape index (κ2) is 13.8. The van der Waals surface area contributed by atoms with Crippen LogP contribution >= 0.6 is 0 Å². The monoisotopic (exact) mass is 810 g/mol. The van der Waals surface area contributed by atoms with Crippen molar-refractivity contribution in [1.82, 2.24) is 0 Å². The summed E-state index contributed by atoms with van der Waals surface area (Å²) < 4.78 is 6.33. The van der Waals surface area contributed by atoms with Gasteiger partial charge in [-0.1, -0.05) is 156 Å². The molecule has 0 saturated heterocycles. The molecule has 2 aliphatic rings. The number of nitrogens with zero attached hydrogens (tertiary/aromatic N) is 2. The van der Waals surface area contributed by atoms with Crippen LogP contribution < -0.4 is 26.2 Å². The summed E-state index contributed by atoms with van der Waals surface area (Å²) in [5.74, 6) is 0. The van der Waals surface area contributed by atoms with Gasteiger partial charge >= 0.3 is 0 Å². The van der Waals surface area contributed by atoms with Gasteiger partial charge in [0.15, 0.2) is 0 Å². The van der Waals surface area contributed by atoms with Gasteiger partial charge in [0, 0.05) is 44.9 Å². The molecule has 7 aromatic carbocycles. The molecule has 1 aromatic heterocycles. The van der Waals surface area contributed by atoms with Gasteiger partial charge in [0.05, 0.1) is 0 Å². The Balaban J connectivity index is 1.22. The molecule has 8 aromatic rings. The molecule has 0 atom stereocenters. The van der Waals surface area contributed by atoms with Crippen molar-refractivity contribution in [3.63, 3.8) is 0 Å². The first-order chi connectivity index (χ1) is 29.3. The largest absolute Gasteiger partial charge is 0.456 e. The van der Waals surface area contributed by atoms with Gasteiger partial charge in [-0.05, 0) is 138 Å². The summed E-state index contributed by atoms with van der Waals surface area (Å²) >= 11 is 0. The number of rotatable bonds is 3. The molecule has 0 bridgehead atoms. The van der Waals surface area contributed by atoms with E-state index in [1.807, 2.05) is 12.1 Å². The molecule has 4 heteroatoms. The predicted octanol–water partition coefficient (Wildman–Crippen LogP) is 14.5. The third-order valence-corrected chi connectivity index (χ3v) is 13.5. The molecule has 3 heterocycles. The highest BCUT2D eigenvalue weighted by atomic mass is 16.3. The van der Waals surface area contributed by atoms with Crippen molar-refractivity contribution < 1.29 is 4.42 Å². The molecule has 0 unspecified atom stereocenters. The first-order valence-electron chi connectivity index (χ1n) is 22.5. The average Bonchev–Trinajstić information content (AvgIpc) is 3.60. The lowest BCUT2D eigenvalue weighted by Crippen LogP contribution is -2.61. The average molecular weight is 811 g/mol. The van der Waals surface area contributed by atoms with Crippen LogP contribution in [0.15, 0.2) is 144 Å². The summed E-state index contributed by atoms with van der Waals surface area (Å²) in [6, 6.07) is 53.0. The summed E-state index contributed by atoms with van der Waals surface area (Å²) in [5.41, 5.74) is 20.8. The van der Waals surface area contributed by atoms with Gasteiger partial charge < -0.3 is 14.2 Å². The van der Waals surface area contributed by atoms with Gasteiger partial charge in [0.25, 0.3) is 6.71 Å². The Labute approximate surface area is 369 Å². The standard InChI is InChI=1S/C58H59BN2O/c1-55(2,3)38-20-26-43(27-21-38)60-48-30-23-39(56(4,5)6)32-47(48)59-46-29-22-40(57(7,8)9)33-49(46)61(51-35-41(58(10,11)12)34-50(60)54(51)59)42-24-17-36(18-25-42)37-19-28-45-44-15-13-14-16-52(44)62-53(45)31-37/h13-35H,1-12H3. The number of para-hydroxylation sites is 1. The molecule has 0 amide bonds. The highest BCUT2D eigenvalue weighted by Crippen LogP contribution is 2.47. The third-order valence-electron chi connectivity index (χ3n) is 13.5. The van der Waals surface area contributed by atoms with Gasteiger partial charge in [-0.3, -0.25) is 0 Å². The zero-order valence-corrected chi connectivity index (χ0v) is 38.7. The number of fused-ring (bicyclic) bond motifs is 7. The van der Waals surface area contributed by atoms with E-state index in [9.17, 15) is 0 Å². The Morgan fingerprint density at radius 3 is 1.50 bits per heavy atom. The molecular formula is C58H59BN2O. The zero-order valence-electron chi connectivity index (χ0n) is 38.7. The van der Waals surface area contributed by atoms with Gasteiger partial charge in [-0.25, -0.2) is 0 Å². The van der Waals surface area contributed by atoms with Crippen LogP contribution in [-0.2, 0) is 21.7 Å². The molecule has 2 aliphatic heterocycles. The minimum absolute atomic E-state index is 0.0102. The van der Waals surface area contributed by atoms with Gasteiger partial charge in [0.2, 0.25) is 0 Å².